The van der Waals surface area contributed by atoms with Crippen LogP contribution >= 0.6 is 0 Å². The summed E-state index contributed by atoms with van der Waals surface area (Å²) in [6.07, 6.45) is 5.03. The van der Waals surface area contributed by atoms with Crippen LogP contribution in [0.1, 0.15) is 17.2 Å². The van der Waals surface area contributed by atoms with Crippen LogP contribution in [-0.2, 0) is 0 Å². The lowest BCUT2D eigenvalue weighted by molar-refractivity contribution is 0.632. The monoisotopic (exact) mass is 243 g/mol. The molecule has 0 spiro atoms. The summed E-state index contributed by atoms with van der Waals surface area (Å²) in [5.74, 6) is 5.64. The molecule has 0 saturated heterocycles. The third kappa shape index (κ3) is 2.64. The van der Waals surface area contributed by atoms with Crippen LogP contribution in [0.25, 0.3) is 0 Å². The minimum absolute atomic E-state index is 0.105. The molecule has 2 rings (SSSR count). The van der Waals surface area contributed by atoms with Gasteiger partial charge in [0.2, 0.25) is 0 Å². The molecule has 3 N–H and O–H groups in total. The number of anilines is 1. The SMILES string of the molecule is CN(C)c1cccc(C(NN)c2cncnc2)c1. The molecule has 0 amide bonds. The van der Waals surface area contributed by atoms with E-state index in [0.29, 0.717) is 0 Å². The molecule has 1 atom stereocenters. The maximum Gasteiger partial charge on any atom is 0.115 e. The third-order valence-electron chi connectivity index (χ3n) is 2.80. The van der Waals surface area contributed by atoms with Crippen molar-refractivity contribution in [1.29, 1.82) is 0 Å². The number of aromatic nitrogens is 2. The zero-order valence-electron chi connectivity index (χ0n) is 10.5. The molecule has 18 heavy (non-hydrogen) atoms. The highest BCUT2D eigenvalue weighted by molar-refractivity contribution is 5.49. The van der Waals surface area contributed by atoms with Gasteiger partial charge in [-0.15, -0.1) is 0 Å². The van der Waals surface area contributed by atoms with E-state index in [1.165, 1.54) is 6.33 Å². The van der Waals surface area contributed by atoms with Crippen molar-refractivity contribution in [3.8, 4) is 0 Å². The average molecular weight is 243 g/mol. The van der Waals surface area contributed by atoms with Gasteiger partial charge in [0.25, 0.3) is 0 Å². The van der Waals surface area contributed by atoms with Gasteiger partial charge in [0.1, 0.15) is 6.33 Å². The first kappa shape index (κ1) is 12.5. The molecule has 0 aliphatic heterocycles. The highest BCUT2D eigenvalue weighted by atomic mass is 15.2. The number of hydrazine groups is 1. The lowest BCUT2D eigenvalue weighted by Gasteiger charge is -2.19. The molecule has 94 valence electrons. The lowest BCUT2D eigenvalue weighted by atomic mass is 10.0. The molecular formula is C13H17N5. The largest absolute Gasteiger partial charge is 0.378 e. The highest BCUT2D eigenvalue weighted by Crippen LogP contribution is 2.23. The van der Waals surface area contributed by atoms with Crippen molar-refractivity contribution in [3.05, 3.63) is 54.1 Å². The minimum atomic E-state index is -0.105. The van der Waals surface area contributed by atoms with E-state index >= 15 is 0 Å². The molecule has 1 heterocycles. The van der Waals surface area contributed by atoms with Crippen molar-refractivity contribution in [1.82, 2.24) is 15.4 Å². The maximum absolute atomic E-state index is 5.64. The Morgan fingerprint density at radius 2 is 1.89 bits per heavy atom. The first-order valence-corrected chi connectivity index (χ1v) is 5.70. The Balaban J connectivity index is 2.36. The number of nitrogens with one attached hydrogen (secondary N) is 1. The Morgan fingerprint density at radius 3 is 2.50 bits per heavy atom. The fourth-order valence-electron chi connectivity index (χ4n) is 1.83. The van der Waals surface area contributed by atoms with E-state index in [4.69, 9.17) is 5.84 Å². The van der Waals surface area contributed by atoms with Gasteiger partial charge in [-0.1, -0.05) is 12.1 Å². The van der Waals surface area contributed by atoms with Crippen LogP contribution in [0.2, 0.25) is 0 Å². The Hall–Kier alpha value is -1.98. The minimum Gasteiger partial charge on any atom is -0.378 e. The van der Waals surface area contributed by atoms with E-state index in [0.717, 1.165) is 16.8 Å². The second kappa shape index (κ2) is 5.57. The van der Waals surface area contributed by atoms with E-state index in [-0.39, 0.29) is 6.04 Å². The standard InChI is InChI=1S/C13H17N5/c1-18(2)12-5-3-4-10(6-12)13(17-14)11-7-15-9-16-8-11/h3-9,13,17H,14H2,1-2H3. The van der Waals surface area contributed by atoms with Crippen LogP contribution < -0.4 is 16.2 Å². The van der Waals surface area contributed by atoms with Crippen LogP contribution in [0.4, 0.5) is 5.69 Å². The lowest BCUT2D eigenvalue weighted by Crippen LogP contribution is -2.29. The van der Waals surface area contributed by atoms with Gasteiger partial charge in [-0.2, -0.15) is 0 Å². The summed E-state index contributed by atoms with van der Waals surface area (Å²) in [7, 11) is 4.02. The van der Waals surface area contributed by atoms with Gasteiger partial charge in [0.15, 0.2) is 0 Å². The molecule has 2 aromatic rings. The van der Waals surface area contributed by atoms with E-state index in [1.54, 1.807) is 12.4 Å². The van der Waals surface area contributed by atoms with E-state index in [9.17, 15) is 0 Å². The summed E-state index contributed by atoms with van der Waals surface area (Å²) >= 11 is 0. The second-order valence-corrected chi connectivity index (χ2v) is 4.26. The van der Waals surface area contributed by atoms with Crippen molar-refractivity contribution in [2.75, 3.05) is 19.0 Å². The average Bonchev–Trinajstić information content (AvgIpc) is 2.41. The van der Waals surface area contributed by atoms with Crippen molar-refractivity contribution in [2.45, 2.75) is 6.04 Å². The molecule has 0 aliphatic rings. The highest BCUT2D eigenvalue weighted by Gasteiger charge is 2.13. The van der Waals surface area contributed by atoms with E-state index in [1.807, 2.05) is 26.2 Å². The third-order valence-corrected chi connectivity index (χ3v) is 2.80. The fourth-order valence-corrected chi connectivity index (χ4v) is 1.83. The summed E-state index contributed by atoms with van der Waals surface area (Å²) in [6.45, 7) is 0. The number of benzene rings is 1. The summed E-state index contributed by atoms with van der Waals surface area (Å²) < 4.78 is 0. The van der Waals surface area contributed by atoms with Gasteiger partial charge >= 0.3 is 0 Å². The zero-order chi connectivity index (χ0) is 13.0. The van der Waals surface area contributed by atoms with E-state index < -0.39 is 0 Å². The molecule has 1 aromatic carbocycles. The van der Waals surface area contributed by atoms with Crippen molar-refractivity contribution in [2.24, 2.45) is 5.84 Å². The first-order valence-electron chi connectivity index (χ1n) is 5.70. The van der Waals surface area contributed by atoms with Gasteiger partial charge < -0.3 is 4.90 Å². The maximum atomic E-state index is 5.64. The van der Waals surface area contributed by atoms with Crippen LogP contribution in [0.5, 0.6) is 0 Å². The van der Waals surface area contributed by atoms with Crippen molar-refractivity contribution >= 4 is 5.69 Å². The van der Waals surface area contributed by atoms with Gasteiger partial charge in [-0.25, -0.2) is 15.4 Å². The van der Waals surface area contributed by atoms with Crippen LogP contribution in [-0.4, -0.2) is 24.1 Å². The van der Waals surface area contributed by atoms with Gasteiger partial charge in [-0.3, -0.25) is 5.84 Å². The second-order valence-electron chi connectivity index (χ2n) is 4.26. The molecule has 1 unspecified atom stereocenters. The van der Waals surface area contributed by atoms with Gasteiger partial charge in [-0.05, 0) is 17.7 Å². The summed E-state index contributed by atoms with van der Waals surface area (Å²) in [6, 6.07) is 8.09. The van der Waals surface area contributed by atoms with E-state index in [2.05, 4.69) is 32.4 Å². The topological polar surface area (TPSA) is 67.1 Å². The van der Waals surface area contributed by atoms with Crippen LogP contribution in [0.15, 0.2) is 43.0 Å². The van der Waals surface area contributed by atoms with Crippen LogP contribution in [0.3, 0.4) is 0 Å². The molecule has 0 saturated carbocycles. The number of nitrogens with two attached hydrogens (primary N) is 1. The molecule has 5 heteroatoms. The summed E-state index contributed by atoms with van der Waals surface area (Å²) in [4.78, 5) is 10.1. The van der Waals surface area contributed by atoms with Gasteiger partial charge in [0, 0.05) is 37.7 Å². The number of hydrogen-bond acceptors (Lipinski definition) is 5. The zero-order valence-corrected chi connectivity index (χ0v) is 10.5. The normalized spacial score (nSPS) is 12.2. The number of rotatable bonds is 4. The Labute approximate surface area is 107 Å². The number of hydrogen-bond donors (Lipinski definition) is 2. The fraction of sp³-hybridized carbons (Fsp3) is 0.231. The Bertz CT molecular complexity index is 498. The predicted octanol–water partition coefficient (Wildman–Crippen LogP) is 1.10. The van der Waals surface area contributed by atoms with Gasteiger partial charge in [0.05, 0.1) is 6.04 Å². The Kier molecular flexibility index (Phi) is 3.86. The van der Waals surface area contributed by atoms with Crippen molar-refractivity contribution in [3.63, 3.8) is 0 Å². The predicted molar refractivity (Wildman–Crippen MR) is 72.0 cm³/mol. The molecule has 1 aromatic heterocycles. The Morgan fingerprint density at radius 1 is 1.17 bits per heavy atom. The summed E-state index contributed by atoms with van der Waals surface area (Å²) in [5, 5.41) is 0. The first-order chi connectivity index (χ1) is 8.72. The molecule has 5 nitrogen and oxygen atoms in total. The smallest absolute Gasteiger partial charge is 0.115 e. The van der Waals surface area contributed by atoms with Crippen molar-refractivity contribution < 1.29 is 0 Å². The quantitative estimate of drug-likeness (QED) is 0.621. The molecular weight excluding hydrogens is 226 g/mol. The molecule has 0 radical (unpaired) electrons. The molecule has 0 aliphatic carbocycles. The number of nitrogens with zero attached hydrogens (tertiary/aromatic N) is 3. The molecule has 0 fully saturated rings. The molecule has 0 bridgehead atoms. The summed E-state index contributed by atoms with van der Waals surface area (Å²) in [5.41, 5.74) is 5.95. The van der Waals surface area contributed by atoms with Crippen LogP contribution in [0, 0.1) is 0 Å².